The van der Waals surface area contributed by atoms with Crippen molar-refractivity contribution in [3.8, 4) is 22.8 Å². The predicted octanol–water partition coefficient (Wildman–Crippen LogP) is 4.11. The van der Waals surface area contributed by atoms with Crippen molar-refractivity contribution in [3.63, 3.8) is 0 Å². The number of fused-ring (bicyclic) bond motifs is 1. The summed E-state index contributed by atoms with van der Waals surface area (Å²) in [7, 11) is 0. The number of H-pyrrole nitrogens is 1. The lowest BCUT2D eigenvalue weighted by Crippen LogP contribution is -2.10. The summed E-state index contributed by atoms with van der Waals surface area (Å²) in [4.78, 5) is 31.6. The molecule has 0 bridgehead atoms. The van der Waals surface area contributed by atoms with Crippen LogP contribution < -0.4 is 10.3 Å². The fraction of sp³-hybridized carbons (Fsp3) is 0.280. The third-order valence-corrected chi connectivity index (χ3v) is 5.40. The molecule has 0 saturated heterocycles. The van der Waals surface area contributed by atoms with E-state index >= 15 is 0 Å². The standard InChI is InChI=1S/C25H26N4O4/c1-4-32-22(30)6-5-13-33-20-11-8-18(9-12-20)23-27-24-21(25(31)28-23)15-26-29(24)19-10-7-16(2)17(3)14-19/h7-12,14-15H,4-6,13H2,1-3H3,(H,27,28,31). The van der Waals surface area contributed by atoms with Crippen LogP contribution in [0, 0.1) is 13.8 Å². The van der Waals surface area contributed by atoms with Gasteiger partial charge in [0.2, 0.25) is 0 Å². The molecule has 0 radical (unpaired) electrons. The monoisotopic (exact) mass is 446 g/mol. The normalized spacial score (nSPS) is 11.0. The highest BCUT2D eigenvalue weighted by Gasteiger charge is 2.13. The minimum atomic E-state index is -0.246. The van der Waals surface area contributed by atoms with Crippen molar-refractivity contribution in [1.29, 1.82) is 0 Å². The Balaban J connectivity index is 1.54. The number of nitrogens with one attached hydrogen (secondary N) is 1. The molecule has 0 fully saturated rings. The fourth-order valence-electron chi connectivity index (χ4n) is 3.45. The molecule has 0 atom stereocenters. The van der Waals surface area contributed by atoms with Gasteiger partial charge in [0.15, 0.2) is 5.65 Å². The van der Waals surface area contributed by atoms with E-state index in [0.29, 0.717) is 48.7 Å². The number of aryl methyl sites for hydroxylation is 2. The Morgan fingerprint density at radius 3 is 2.61 bits per heavy atom. The highest BCUT2D eigenvalue weighted by atomic mass is 16.5. The summed E-state index contributed by atoms with van der Waals surface area (Å²) in [5.41, 5.74) is 4.18. The van der Waals surface area contributed by atoms with E-state index in [-0.39, 0.29) is 11.5 Å². The van der Waals surface area contributed by atoms with Gasteiger partial charge in [-0.25, -0.2) is 9.67 Å². The molecule has 1 N–H and O–H groups in total. The second kappa shape index (κ2) is 9.68. The number of hydrogen-bond acceptors (Lipinski definition) is 6. The second-order valence-electron chi connectivity index (χ2n) is 7.76. The number of benzene rings is 2. The van der Waals surface area contributed by atoms with Crippen LogP contribution in [0.25, 0.3) is 28.1 Å². The summed E-state index contributed by atoms with van der Waals surface area (Å²) in [5, 5.41) is 4.82. The van der Waals surface area contributed by atoms with Crippen LogP contribution in [0.15, 0.2) is 53.5 Å². The Hall–Kier alpha value is -3.94. The maximum atomic E-state index is 12.7. The van der Waals surface area contributed by atoms with E-state index in [1.54, 1.807) is 11.6 Å². The van der Waals surface area contributed by atoms with Gasteiger partial charge in [-0.1, -0.05) is 6.07 Å². The van der Waals surface area contributed by atoms with Crippen molar-refractivity contribution < 1.29 is 14.3 Å². The molecule has 4 rings (SSSR count). The van der Waals surface area contributed by atoms with Crippen LogP contribution in [-0.2, 0) is 9.53 Å². The number of aromatic nitrogens is 4. The van der Waals surface area contributed by atoms with Gasteiger partial charge in [0.05, 0.1) is 25.1 Å². The van der Waals surface area contributed by atoms with Gasteiger partial charge in [0.1, 0.15) is 17.0 Å². The molecule has 170 valence electrons. The number of hydrogen-bond donors (Lipinski definition) is 1. The molecule has 0 aliphatic rings. The van der Waals surface area contributed by atoms with Gasteiger partial charge in [-0.2, -0.15) is 5.10 Å². The molecule has 8 nitrogen and oxygen atoms in total. The molecular weight excluding hydrogens is 420 g/mol. The lowest BCUT2D eigenvalue weighted by Gasteiger charge is -2.08. The Morgan fingerprint density at radius 1 is 1.09 bits per heavy atom. The van der Waals surface area contributed by atoms with Crippen LogP contribution in [0.5, 0.6) is 5.75 Å². The Kier molecular flexibility index (Phi) is 6.53. The molecule has 0 aliphatic carbocycles. The summed E-state index contributed by atoms with van der Waals surface area (Å²) in [6.07, 6.45) is 2.44. The van der Waals surface area contributed by atoms with Gasteiger partial charge in [-0.05, 0) is 74.7 Å². The first-order valence-corrected chi connectivity index (χ1v) is 10.9. The number of rotatable bonds is 8. The van der Waals surface area contributed by atoms with Gasteiger partial charge in [-0.15, -0.1) is 0 Å². The van der Waals surface area contributed by atoms with Gasteiger partial charge in [-0.3, -0.25) is 9.59 Å². The van der Waals surface area contributed by atoms with Crippen molar-refractivity contribution in [2.24, 2.45) is 0 Å². The predicted molar refractivity (Wildman–Crippen MR) is 126 cm³/mol. The molecule has 0 spiro atoms. The number of carbonyl (C=O) groups excluding carboxylic acids is 1. The van der Waals surface area contributed by atoms with E-state index < -0.39 is 0 Å². The first kappa shape index (κ1) is 22.3. The minimum Gasteiger partial charge on any atom is -0.494 e. The second-order valence-corrected chi connectivity index (χ2v) is 7.76. The largest absolute Gasteiger partial charge is 0.494 e. The molecular formula is C25H26N4O4. The number of nitrogens with zero attached hydrogens (tertiary/aromatic N) is 3. The molecule has 0 aliphatic heterocycles. The topological polar surface area (TPSA) is 99.1 Å². The van der Waals surface area contributed by atoms with E-state index in [4.69, 9.17) is 9.47 Å². The quantitative estimate of drug-likeness (QED) is 0.323. The lowest BCUT2D eigenvalue weighted by molar-refractivity contribution is -0.143. The van der Waals surface area contributed by atoms with Crippen molar-refractivity contribution >= 4 is 17.0 Å². The zero-order chi connectivity index (χ0) is 23.4. The number of carbonyl (C=O) groups is 1. The molecule has 0 amide bonds. The summed E-state index contributed by atoms with van der Waals surface area (Å²) in [6, 6.07) is 13.3. The number of aromatic amines is 1. The average Bonchev–Trinajstić information content (AvgIpc) is 3.24. The first-order valence-electron chi connectivity index (χ1n) is 10.9. The SMILES string of the molecule is CCOC(=O)CCCOc1ccc(-c2nc3c(cnn3-c3ccc(C)c(C)c3)c(=O)[nH]2)cc1. The smallest absolute Gasteiger partial charge is 0.305 e. The molecule has 0 unspecified atom stereocenters. The summed E-state index contributed by atoms with van der Waals surface area (Å²) < 4.78 is 12.3. The summed E-state index contributed by atoms with van der Waals surface area (Å²) in [5.74, 6) is 0.903. The lowest BCUT2D eigenvalue weighted by atomic mass is 10.1. The van der Waals surface area contributed by atoms with Crippen LogP contribution in [0.3, 0.4) is 0 Å². The molecule has 0 saturated carbocycles. The molecule has 2 heterocycles. The van der Waals surface area contributed by atoms with Gasteiger partial charge < -0.3 is 14.5 Å². The maximum absolute atomic E-state index is 12.7. The van der Waals surface area contributed by atoms with E-state index in [0.717, 1.165) is 16.8 Å². The van der Waals surface area contributed by atoms with Crippen LogP contribution in [-0.4, -0.2) is 38.9 Å². The molecule has 4 aromatic rings. The Morgan fingerprint density at radius 2 is 1.88 bits per heavy atom. The molecule has 33 heavy (non-hydrogen) atoms. The minimum absolute atomic E-state index is 0.220. The van der Waals surface area contributed by atoms with Crippen LogP contribution in [0.2, 0.25) is 0 Å². The third-order valence-electron chi connectivity index (χ3n) is 5.40. The highest BCUT2D eigenvalue weighted by Crippen LogP contribution is 2.22. The van der Waals surface area contributed by atoms with Gasteiger partial charge in [0.25, 0.3) is 5.56 Å². The van der Waals surface area contributed by atoms with E-state index in [9.17, 15) is 9.59 Å². The Labute approximate surface area is 191 Å². The zero-order valence-corrected chi connectivity index (χ0v) is 18.9. The van der Waals surface area contributed by atoms with Crippen LogP contribution in [0.1, 0.15) is 30.9 Å². The van der Waals surface area contributed by atoms with E-state index in [2.05, 4.69) is 22.0 Å². The van der Waals surface area contributed by atoms with Crippen LogP contribution >= 0.6 is 0 Å². The zero-order valence-electron chi connectivity index (χ0n) is 18.9. The van der Waals surface area contributed by atoms with E-state index in [1.807, 2.05) is 49.4 Å². The Bertz CT molecular complexity index is 1340. The van der Waals surface area contributed by atoms with Crippen molar-refractivity contribution in [3.05, 3.63) is 70.1 Å². The van der Waals surface area contributed by atoms with Crippen molar-refractivity contribution in [2.45, 2.75) is 33.6 Å². The molecule has 2 aromatic heterocycles. The third kappa shape index (κ3) is 4.95. The molecule has 2 aromatic carbocycles. The fourth-order valence-corrected chi connectivity index (χ4v) is 3.45. The first-order chi connectivity index (χ1) is 16.0. The number of esters is 1. The summed E-state index contributed by atoms with van der Waals surface area (Å²) >= 11 is 0. The number of ether oxygens (including phenoxy) is 2. The van der Waals surface area contributed by atoms with Crippen molar-refractivity contribution in [1.82, 2.24) is 19.7 Å². The van der Waals surface area contributed by atoms with Gasteiger partial charge in [0, 0.05) is 12.0 Å². The highest BCUT2D eigenvalue weighted by molar-refractivity contribution is 5.77. The van der Waals surface area contributed by atoms with Crippen molar-refractivity contribution in [2.75, 3.05) is 13.2 Å². The maximum Gasteiger partial charge on any atom is 0.305 e. The van der Waals surface area contributed by atoms with Gasteiger partial charge >= 0.3 is 5.97 Å². The summed E-state index contributed by atoms with van der Waals surface area (Å²) in [6.45, 7) is 6.67. The van der Waals surface area contributed by atoms with Crippen LogP contribution in [0.4, 0.5) is 0 Å². The van der Waals surface area contributed by atoms with E-state index in [1.165, 1.54) is 11.8 Å². The average molecular weight is 447 g/mol. The molecule has 8 heteroatoms.